The second kappa shape index (κ2) is 10.4. The first-order valence-electron chi connectivity index (χ1n) is 11.0. The number of sulfonamides is 2. The van der Waals surface area contributed by atoms with Gasteiger partial charge in [-0.1, -0.05) is 31.9 Å². The summed E-state index contributed by atoms with van der Waals surface area (Å²) in [4.78, 5) is 0.140. The van der Waals surface area contributed by atoms with Crippen molar-refractivity contribution in [2.24, 2.45) is 0 Å². The lowest BCUT2D eigenvalue weighted by Gasteiger charge is -2.28. The van der Waals surface area contributed by atoms with Crippen LogP contribution < -0.4 is 0 Å². The largest absolute Gasteiger partial charge is 0.243 e. The third kappa shape index (κ3) is 5.57. The van der Waals surface area contributed by atoms with E-state index in [0.717, 1.165) is 25.7 Å². The third-order valence-corrected chi connectivity index (χ3v) is 9.85. The Morgan fingerprint density at radius 2 is 1.41 bits per heavy atom. The molecule has 0 bridgehead atoms. The van der Waals surface area contributed by atoms with Crippen LogP contribution in [-0.2, 0) is 26.6 Å². The molecule has 0 saturated carbocycles. The maximum absolute atomic E-state index is 13.4. The van der Waals surface area contributed by atoms with Crippen molar-refractivity contribution in [2.75, 3.05) is 13.1 Å². The molecule has 0 aromatic heterocycles. The molecule has 0 aliphatic carbocycles. The van der Waals surface area contributed by atoms with Gasteiger partial charge in [0.15, 0.2) is 0 Å². The zero-order valence-electron chi connectivity index (χ0n) is 18.6. The van der Waals surface area contributed by atoms with Crippen LogP contribution in [0.25, 0.3) is 0 Å². The Morgan fingerprint density at radius 1 is 0.875 bits per heavy atom. The maximum atomic E-state index is 13.4. The summed E-state index contributed by atoms with van der Waals surface area (Å²) in [6.45, 7) is 4.79. The van der Waals surface area contributed by atoms with E-state index in [1.807, 2.05) is 13.8 Å². The summed E-state index contributed by atoms with van der Waals surface area (Å²) in [5.74, 6) is -0.382. The minimum absolute atomic E-state index is 0.0368. The molecule has 176 valence electrons. The summed E-state index contributed by atoms with van der Waals surface area (Å²) in [7, 11) is -7.53. The second-order valence-electron chi connectivity index (χ2n) is 8.22. The van der Waals surface area contributed by atoms with Crippen molar-refractivity contribution in [1.82, 2.24) is 8.61 Å². The molecule has 9 heteroatoms. The lowest BCUT2D eigenvalue weighted by Crippen LogP contribution is -2.37. The van der Waals surface area contributed by atoms with E-state index in [1.165, 1.54) is 45.0 Å². The van der Waals surface area contributed by atoms with Gasteiger partial charge in [-0.25, -0.2) is 21.2 Å². The minimum Gasteiger partial charge on any atom is -0.207 e. The molecule has 1 aliphatic rings. The van der Waals surface area contributed by atoms with Crippen LogP contribution in [0.3, 0.4) is 0 Å². The van der Waals surface area contributed by atoms with Crippen LogP contribution in [0.15, 0.2) is 58.3 Å². The van der Waals surface area contributed by atoms with E-state index in [0.29, 0.717) is 25.1 Å². The first-order chi connectivity index (χ1) is 15.2. The maximum Gasteiger partial charge on any atom is 0.243 e. The first kappa shape index (κ1) is 24.8. The quantitative estimate of drug-likeness (QED) is 0.560. The van der Waals surface area contributed by atoms with E-state index in [2.05, 4.69) is 0 Å². The summed E-state index contributed by atoms with van der Waals surface area (Å²) in [5, 5.41) is 0. The van der Waals surface area contributed by atoms with Crippen molar-refractivity contribution in [3.8, 4) is 0 Å². The molecule has 1 fully saturated rings. The highest BCUT2D eigenvalue weighted by Crippen LogP contribution is 2.26. The standard InChI is InChI=1S/C23H31FN2O4S2/c1-3-19(2)26(18-20-8-10-21(24)11-9-20)32(29,30)23-14-12-22(13-15-23)31(27,28)25-16-6-4-5-7-17-25/h8-15,19H,3-7,16-18H2,1-2H3/t19-/m0/s1. The summed E-state index contributed by atoms with van der Waals surface area (Å²) in [6, 6.07) is 10.9. The lowest BCUT2D eigenvalue weighted by atomic mass is 10.2. The van der Waals surface area contributed by atoms with E-state index >= 15 is 0 Å². The molecule has 1 heterocycles. The van der Waals surface area contributed by atoms with Crippen molar-refractivity contribution < 1.29 is 21.2 Å². The van der Waals surface area contributed by atoms with Crippen LogP contribution in [0, 0.1) is 5.82 Å². The lowest BCUT2D eigenvalue weighted by molar-refractivity contribution is 0.323. The molecule has 0 spiro atoms. The van der Waals surface area contributed by atoms with Gasteiger partial charge in [0.1, 0.15) is 5.82 Å². The van der Waals surface area contributed by atoms with Crippen molar-refractivity contribution >= 4 is 20.0 Å². The molecule has 32 heavy (non-hydrogen) atoms. The third-order valence-electron chi connectivity index (χ3n) is 5.97. The Hall–Kier alpha value is -1.81. The molecule has 0 radical (unpaired) electrons. The minimum atomic E-state index is -3.88. The van der Waals surface area contributed by atoms with Crippen molar-refractivity contribution in [3.63, 3.8) is 0 Å². The zero-order valence-corrected chi connectivity index (χ0v) is 20.2. The van der Waals surface area contributed by atoms with Crippen LogP contribution in [0.2, 0.25) is 0 Å². The van der Waals surface area contributed by atoms with Crippen LogP contribution in [-0.4, -0.2) is 44.6 Å². The topological polar surface area (TPSA) is 74.8 Å². The average molecular weight is 483 g/mol. The van der Waals surface area contributed by atoms with Crippen molar-refractivity contribution in [3.05, 3.63) is 59.9 Å². The van der Waals surface area contributed by atoms with Crippen LogP contribution in [0.5, 0.6) is 0 Å². The Balaban J connectivity index is 1.87. The second-order valence-corrected chi connectivity index (χ2v) is 12.1. The van der Waals surface area contributed by atoms with Gasteiger partial charge in [0, 0.05) is 25.7 Å². The normalized spacial score (nSPS) is 17.2. The molecule has 3 rings (SSSR count). The van der Waals surface area contributed by atoms with Crippen LogP contribution >= 0.6 is 0 Å². The summed E-state index contributed by atoms with van der Waals surface area (Å²) in [6.07, 6.45) is 4.30. The van der Waals surface area contributed by atoms with E-state index in [9.17, 15) is 21.2 Å². The summed E-state index contributed by atoms with van der Waals surface area (Å²) < 4.78 is 68.9. The molecular formula is C23H31FN2O4S2. The molecule has 1 atom stereocenters. The van der Waals surface area contributed by atoms with Crippen LogP contribution in [0.1, 0.15) is 51.5 Å². The van der Waals surface area contributed by atoms with E-state index < -0.39 is 20.0 Å². The van der Waals surface area contributed by atoms with Gasteiger partial charge in [-0.05, 0) is 68.1 Å². The van der Waals surface area contributed by atoms with Gasteiger partial charge < -0.3 is 0 Å². The highest BCUT2D eigenvalue weighted by atomic mass is 32.2. The molecular weight excluding hydrogens is 451 g/mol. The van der Waals surface area contributed by atoms with E-state index in [4.69, 9.17) is 0 Å². The fourth-order valence-corrected chi connectivity index (χ4v) is 7.01. The van der Waals surface area contributed by atoms with Crippen molar-refractivity contribution in [1.29, 1.82) is 0 Å². The van der Waals surface area contributed by atoms with Gasteiger partial charge in [-0.3, -0.25) is 0 Å². The van der Waals surface area contributed by atoms with Gasteiger partial charge >= 0.3 is 0 Å². The Morgan fingerprint density at radius 3 is 1.94 bits per heavy atom. The molecule has 1 saturated heterocycles. The number of hydrogen-bond acceptors (Lipinski definition) is 4. The highest BCUT2D eigenvalue weighted by molar-refractivity contribution is 7.89. The monoisotopic (exact) mass is 482 g/mol. The average Bonchev–Trinajstić information content (AvgIpc) is 3.08. The fraction of sp³-hybridized carbons (Fsp3) is 0.478. The van der Waals surface area contributed by atoms with Gasteiger partial charge in [0.05, 0.1) is 9.79 Å². The molecule has 0 N–H and O–H groups in total. The Kier molecular flexibility index (Phi) is 8.08. The molecule has 0 amide bonds. The number of rotatable bonds is 8. The molecule has 2 aromatic rings. The van der Waals surface area contributed by atoms with Gasteiger partial charge in [0.25, 0.3) is 0 Å². The summed E-state index contributed by atoms with van der Waals surface area (Å²) >= 11 is 0. The number of halogens is 1. The van der Waals surface area contributed by atoms with Crippen molar-refractivity contribution in [2.45, 2.75) is 68.3 Å². The highest BCUT2D eigenvalue weighted by Gasteiger charge is 2.30. The molecule has 0 unspecified atom stereocenters. The smallest absolute Gasteiger partial charge is 0.207 e. The van der Waals surface area contributed by atoms with E-state index in [1.54, 1.807) is 12.1 Å². The zero-order chi connectivity index (χ0) is 23.4. The summed E-state index contributed by atoms with van der Waals surface area (Å²) in [5.41, 5.74) is 0.677. The number of nitrogens with zero attached hydrogens (tertiary/aromatic N) is 2. The number of hydrogen-bond donors (Lipinski definition) is 0. The van der Waals surface area contributed by atoms with Crippen LogP contribution in [0.4, 0.5) is 4.39 Å². The number of benzene rings is 2. The Bertz CT molecular complexity index is 1090. The predicted octanol–water partition coefficient (Wildman–Crippen LogP) is 4.38. The SMILES string of the molecule is CC[C@H](C)N(Cc1ccc(F)cc1)S(=O)(=O)c1ccc(S(=O)(=O)N2CCCCCC2)cc1. The predicted molar refractivity (Wildman–Crippen MR) is 123 cm³/mol. The van der Waals surface area contributed by atoms with Gasteiger partial charge in [-0.15, -0.1) is 0 Å². The fourth-order valence-electron chi connectivity index (χ4n) is 3.80. The first-order valence-corrected chi connectivity index (χ1v) is 13.9. The Labute approximate surface area is 191 Å². The molecule has 2 aromatic carbocycles. The molecule has 1 aliphatic heterocycles. The van der Waals surface area contributed by atoms with E-state index in [-0.39, 0.29) is 28.2 Å². The van der Waals surface area contributed by atoms with Gasteiger partial charge in [-0.2, -0.15) is 8.61 Å². The molecule has 6 nitrogen and oxygen atoms in total. The van der Waals surface area contributed by atoms with Gasteiger partial charge in [0.2, 0.25) is 20.0 Å².